The van der Waals surface area contributed by atoms with Gasteiger partial charge in [-0.25, -0.2) is 9.13 Å². The molecule has 17 nitrogen and oxygen atoms in total. The molecule has 19 heteroatoms. The summed E-state index contributed by atoms with van der Waals surface area (Å²) in [5.41, 5.74) is 0. The van der Waals surface area contributed by atoms with Crippen molar-refractivity contribution < 1.29 is 80.2 Å². The summed E-state index contributed by atoms with van der Waals surface area (Å²) in [6, 6.07) is 0. The van der Waals surface area contributed by atoms with Gasteiger partial charge in [-0.05, 0) is 49.4 Å². The minimum absolute atomic E-state index is 0.104. The predicted molar refractivity (Wildman–Crippen MR) is 344 cm³/mol. The van der Waals surface area contributed by atoms with E-state index in [9.17, 15) is 43.2 Å². The number of esters is 4. The van der Waals surface area contributed by atoms with E-state index < -0.39 is 97.5 Å². The zero-order chi connectivity index (χ0) is 63.9. The van der Waals surface area contributed by atoms with Crippen molar-refractivity contribution in [2.75, 3.05) is 39.6 Å². The maximum absolute atomic E-state index is 13.0. The molecular weight excluding hydrogens is 1140 g/mol. The molecule has 0 fully saturated rings. The van der Waals surface area contributed by atoms with Crippen LogP contribution in [-0.2, 0) is 65.4 Å². The number of carbonyl (C=O) groups excluding carboxylic acids is 4. The van der Waals surface area contributed by atoms with E-state index in [1.807, 2.05) is 0 Å². The Bertz CT molecular complexity index is 1600. The minimum atomic E-state index is -4.95. The average Bonchev–Trinajstić information content (AvgIpc) is 3.69. The first-order valence-corrected chi connectivity index (χ1v) is 37.8. The van der Waals surface area contributed by atoms with Crippen LogP contribution in [0.2, 0.25) is 0 Å². The van der Waals surface area contributed by atoms with Crippen LogP contribution in [0.4, 0.5) is 0 Å². The van der Waals surface area contributed by atoms with E-state index in [0.717, 1.165) is 114 Å². The lowest BCUT2D eigenvalue weighted by Crippen LogP contribution is -2.30. The van der Waals surface area contributed by atoms with Crippen molar-refractivity contribution in [2.24, 2.45) is 23.7 Å². The quantitative estimate of drug-likeness (QED) is 0.0222. The third kappa shape index (κ3) is 58.4. The molecule has 0 aromatic carbocycles. The van der Waals surface area contributed by atoms with Crippen molar-refractivity contribution in [2.45, 2.75) is 343 Å². The van der Waals surface area contributed by atoms with Gasteiger partial charge in [-0.2, -0.15) is 0 Å². The van der Waals surface area contributed by atoms with Crippen molar-refractivity contribution in [3.05, 3.63) is 0 Å². The van der Waals surface area contributed by atoms with Gasteiger partial charge in [0.25, 0.3) is 0 Å². The molecule has 0 radical (unpaired) electrons. The van der Waals surface area contributed by atoms with E-state index in [1.54, 1.807) is 0 Å². The number of carbonyl (C=O) groups is 4. The molecule has 6 atom stereocenters. The monoisotopic (exact) mass is 1270 g/mol. The lowest BCUT2D eigenvalue weighted by Gasteiger charge is -2.21. The fraction of sp³-hybridized carbons (Fsp3) is 0.940. The summed E-state index contributed by atoms with van der Waals surface area (Å²) in [7, 11) is -9.90. The Morgan fingerprint density at radius 2 is 0.558 bits per heavy atom. The fourth-order valence-corrected chi connectivity index (χ4v) is 11.5. The Kier molecular flexibility index (Phi) is 55.7. The van der Waals surface area contributed by atoms with Gasteiger partial charge in [0.2, 0.25) is 0 Å². The molecule has 86 heavy (non-hydrogen) atoms. The number of phosphoric acid groups is 2. The molecular formula is C67H130O17P2. The lowest BCUT2D eigenvalue weighted by atomic mass is 9.99. The maximum atomic E-state index is 13.0. The number of hydrogen-bond acceptors (Lipinski definition) is 15. The number of rotatable bonds is 64. The number of unbranched alkanes of at least 4 members (excludes halogenated alkanes) is 28. The molecule has 0 aliphatic rings. The van der Waals surface area contributed by atoms with Crippen LogP contribution in [0, 0.1) is 23.7 Å². The van der Waals surface area contributed by atoms with E-state index in [1.165, 1.54) is 128 Å². The van der Waals surface area contributed by atoms with Crippen LogP contribution in [0.3, 0.4) is 0 Å². The second-order valence-corrected chi connectivity index (χ2v) is 28.6. The summed E-state index contributed by atoms with van der Waals surface area (Å²) < 4.78 is 68.2. The molecule has 0 heterocycles. The molecule has 0 amide bonds. The minimum Gasteiger partial charge on any atom is -0.462 e. The summed E-state index contributed by atoms with van der Waals surface area (Å²) in [5, 5.41) is 10.6. The second kappa shape index (κ2) is 57.0. The van der Waals surface area contributed by atoms with Crippen molar-refractivity contribution in [3.63, 3.8) is 0 Å². The van der Waals surface area contributed by atoms with Crippen molar-refractivity contribution in [1.82, 2.24) is 0 Å². The first-order valence-electron chi connectivity index (χ1n) is 34.8. The highest BCUT2D eigenvalue weighted by atomic mass is 31.2. The molecule has 0 saturated carbocycles. The molecule has 3 N–H and O–H groups in total. The van der Waals surface area contributed by atoms with Gasteiger partial charge in [0.1, 0.15) is 19.3 Å². The van der Waals surface area contributed by atoms with E-state index >= 15 is 0 Å². The predicted octanol–water partition coefficient (Wildman–Crippen LogP) is 18.5. The highest BCUT2D eigenvalue weighted by Crippen LogP contribution is 2.45. The molecule has 0 saturated heterocycles. The molecule has 0 aliphatic carbocycles. The van der Waals surface area contributed by atoms with Gasteiger partial charge < -0.3 is 33.8 Å². The standard InChI is InChI=1S/C67H130O17P2/c1-9-59(7)45-37-29-21-13-17-25-33-41-49-66(71)83-62(53-77-64(69)47-39-31-23-15-11-19-27-35-43-57(3)4)55-81-85(73,74)79-51-61(68)52-80-86(75,76)82-56-63(54-78-65(70)48-40-32-24-16-12-20-28-36-44-58(5)6)84-67(72)50-42-34-26-18-14-22-30-38-46-60(8)10-2/h57-63,68H,9-56H2,1-8H3,(H,73,74)(H,75,76)/t59?,60?,61?,62-,63-/m1/s1. The Morgan fingerprint density at radius 1 is 0.326 bits per heavy atom. The Balaban J connectivity index is 5.28. The van der Waals surface area contributed by atoms with E-state index in [-0.39, 0.29) is 25.7 Å². The van der Waals surface area contributed by atoms with E-state index in [2.05, 4.69) is 55.4 Å². The van der Waals surface area contributed by atoms with Crippen LogP contribution in [0.5, 0.6) is 0 Å². The van der Waals surface area contributed by atoms with Crippen molar-refractivity contribution >= 4 is 39.5 Å². The van der Waals surface area contributed by atoms with Crippen LogP contribution >= 0.6 is 15.6 Å². The first-order chi connectivity index (χ1) is 41.2. The molecule has 0 rings (SSSR count). The third-order valence-corrected chi connectivity index (χ3v) is 17.9. The van der Waals surface area contributed by atoms with Crippen molar-refractivity contribution in [3.8, 4) is 0 Å². The van der Waals surface area contributed by atoms with Gasteiger partial charge in [-0.15, -0.1) is 0 Å². The van der Waals surface area contributed by atoms with Gasteiger partial charge in [0.05, 0.1) is 26.4 Å². The molecule has 0 aromatic rings. The Hall–Kier alpha value is -1.94. The van der Waals surface area contributed by atoms with Gasteiger partial charge >= 0.3 is 39.5 Å². The maximum Gasteiger partial charge on any atom is 0.472 e. The first kappa shape index (κ1) is 84.1. The summed E-state index contributed by atoms with van der Waals surface area (Å²) in [4.78, 5) is 72.4. The topological polar surface area (TPSA) is 237 Å². The zero-order valence-corrected chi connectivity index (χ0v) is 57.7. The SMILES string of the molecule is CCC(C)CCCCCCCCCCC(=O)O[C@H](COC(=O)CCCCCCCCCCC(C)C)COP(=O)(O)OCC(O)COP(=O)(O)OC[C@@H](COC(=O)CCCCCCCCCCC(C)C)OC(=O)CCCCCCCCCCC(C)CC. The third-order valence-electron chi connectivity index (χ3n) is 16.0. The smallest absolute Gasteiger partial charge is 0.462 e. The molecule has 4 unspecified atom stereocenters. The van der Waals surface area contributed by atoms with Gasteiger partial charge in [0.15, 0.2) is 12.2 Å². The number of phosphoric ester groups is 2. The number of aliphatic hydroxyl groups is 1. The number of ether oxygens (including phenoxy) is 4. The lowest BCUT2D eigenvalue weighted by molar-refractivity contribution is -0.161. The van der Waals surface area contributed by atoms with Crippen LogP contribution in [0.15, 0.2) is 0 Å². The van der Waals surface area contributed by atoms with Crippen LogP contribution in [0.25, 0.3) is 0 Å². The number of aliphatic hydroxyl groups excluding tert-OH is 1. The van der Waals surface area contributed by atoms with E-state index in [0.29, 0.717) is 25.7 Å². The Morgan fingerprint density at radius 3 is 0.826 bits per heavy atom. The number of hydrogen-bond donors (Lipinski definition) is 3. The summed E-state index contributed by atoms with van der Waals surface area (Å²) in [6.07, 6.45) is 37.5. The summed E-state index contributed by atoms with van der Waals surface area (Å²) in [5.74, 6) is 0.855. The molecule has 0 bridgehead atoms. The highest BCUT2D eigenvalue weighted by molar-refractivity contribution is 7.47. The zero-order valence-electron chi connectivity index (χ0n) is 55.9. The average molecular weight is 1270 g/mol. The highest BCUT2D eigenvalue weighted by Gasteiger charge is 2.30. The van der Waals surface area contributed by atoms with Crippen LogP contribution in [-0.4, -0.2) is 96.7 Å². The normalized spacial score (nSPS) is 15.0. The molecule has 0 aromatic heterocycles. The Labute approximate surface area is 524 Å². The van der Waals surface area contributed by atoms with Crippen LogP contribution < -0.4 is 0 Å². The second-order valence-electron chi connectivity index (χ2n) is 25.6. The fourth-order valence-electron chi connectivity index (χ4n) is 9.89. The van der Waals surface area contributed by atoms with Gasteiger partial charge in [0, 0.05) is 25.7 Å². The van der Waals surface area contributed by atoms with Gasteiger partial charge in [-0.3, -0.25) is 37.3 Å². The van der Waals surface area contributed by atoms with Crippen LogP contribution in [0.1, 0.15) is 325 Å². The molecule has 0 spiro atoms. The van der Waals surface area contributed by atoms with Gasteiger partial charge in [-0.1, -0.05) is 274 Å². The van der Waals surface area contributed by atoms with Crippen molar-refractivity contribution in [1.29, 1.82) is 0 Å². The largest absolute Gasteiger partial charge is 0.472 e. The molecule has 510 valence electrons. The van der Waals surface area contributed by atoms with E-state index in [4.69, 9.17) is 37.0 Å². The summed E-state index contributed by atoms with van der Waals surface area (Å²) in [6.45, 7) is 14.0. The summed E-state index contributed by atoms with van der Waals surface area (Å²) >= 11 is 0. The molecule has 0 aliphatic heterocycles.